The molecule has 0 aliphatic heterocycles. The van der Waals surface area contributed by atoms with Crippen LogP contribution in [0.15, 0.2) is 40.7 Å². The van der Waals surface area contributed by atoms with E-state index in [4.69, 9.17) is 17.3 Å². The summed E-state index contributed by atoms with van der Waals surface area (Å²) in [6.45, 7) is 7.01. The maximum atomic E-state index is 12.7. The molecule has 6 heteroatoms. The normalized spacial score (nSPS) is 12.0. The number of hydrogen-bond donors (Lipinski definition) is 1. The number of benzene rings is 1. The minimum atomic E-state index is -0.446. The fourth-order valence-electron chi connectivity index (χ4n) is 1.96. The molecule has 0 spiro atoms. The number of halogens is 1. The molecule has 1 rings (SSSR count). The lowest BCUT2D eigenvalue weighted by atomic mass is 10.0. The lowest BCUT2D eigenvalue weighted by Gasteiger charge is -2.21. The van der Waals surface area contributed by atoms with Crippen LogP contribution in [-0.4, -0.2) is 30.9 Å². The van der Waals surface area contributed by atoms with Crippen molar-refractivity contribution in [3.8, 4) is 0 Å². The largest absolute Gasteiger partial charge is 0.398 e. The van der Waals surface area contributed by atoms with Gasteiger partial charge in [-0.2, -0.15) is 0 Å². The Morgan fingerprint density at radius 1 is 1.45 bits per heavy atom. The third-order valence-corrected chi connectivity index (χ3v) is 3.48. The topological polar surface area (TPSA) is 75.8 Å². The van der Waals surface area contributed by atoms with Gasteiger partial charge in [0.1, 0.15) is 0 Å². The van der Waals surface area contributed by atoms with Gasteiger partial charge in [0, 0.05) is 18.3 Å². The number of nitrogen functional groups attached to an aromatic ring is 1. The van der Waals surface area contributed by atoms with E-state index in [0.29, 0.717) is 17.7 Å². The molecule has 0 atom stereocenters. The molecule has 1 aromatic carbocycles. The average molecular weight is 320 g/mol. The number of allylic oxidation sites excluding steroid dienone is 3. The number of rotatable bonds is 5. The third kappa shape index (κ3) is 3.43. The van der Waals surface area contributed by atoms with Gasteiger partial charge in [-0.3, -0.25) is 14.6 Å². The second kappa shape index (κ2) is 7.56. The summed E-state index contributed by atoms with van der Waals surface area (Å²) in [7, 11) is 1.57. The fraction of sp³-hybridized carbons (Fsp3) is 0.188. The molecule has 5 nitrogen and oxygen atoms in total. The van der Waals surface area contributed by atoms with Crippen LogP contribution in [0.2, 0.25) is 5.02 Å². The lowest BCUT2D eigenvalue weighted by Crippen LogP contribution is -2.28. The van der Waals surface area contributed by atoms with Crippen molar-refractivity contribution in [2.24, 2.45) is 4.99 Å². The average Bonchev–Trinajstić information content (AvgIpc) is 2.52. The van der Waals surface area contributed by atoms with E-state index >= 15 is 0 Å². The molecular formula is C16H18ClN3O2. The van der Waals surface area contributed by atoms with E-state index in [-0.39, 0.29) is 21.8 Å². The van der Waals surface area contributed by atoms with Crippen molar-refractivity contribution >= 4 is 36.2 Å². The van der Waals surface area contributed by atoms with Crippen LogP contribution in [0.1, 0.15) is 34.6 Å². The van der Waals surface area contributed by atoms with Crippen LogP contribution in [0.3, 0.4) is 0 Å². The van der Waals surface area contributed by atoms with E-state index in [1.54, 1.807) is 26.1 Å². The molecule has 0 saturated carbocycles. The van der Waals surface area contributed by atoms with E-state index < -0.39 is 5.91 Å². The molecule has 22 heavy (non-hydrogen) atoms. The predicted octanol–water partition coefficient (Wildman–Crippen LogP) is 3.31. The van der Waals surface area contributed by atoms with Crippen LogP contribution < -0.4 is 5.73 Å². The Morgan fingerprint density at radius 3 is 2.59 bits per heavy atom. The van der Waals surface area contributed by atoms with Gasteiger partial charge in [-0.25, -0.2) is 0 Å². The van der Waals surface area contributed by atoms with E-state index in [0.717, 1.165) is 0 Å². The zero-order valence-electron chi connectivity index (χ0n) is 12.8. The molecule has 2 N–H and O–H groups in total. The van der Waals surface area contributed by atoms with E-state index in [9.17, 15) is 9.59 Å². The summed E-state index contributed by atoms with van der Waals surface area (Å²) in [5.74, 6) is -0.446. The van der Waals surface area contributed by atoms with Gasteiger partial charge in [0.2, 0.25) is 0 Å². The zero-order chi connectivity index (χ0) is 16.9. The summed E-state index contributed by atoms with van der Waals surface area (Å²) >= 11 is 5.97. The number of likely N-dealkylation sites (N-methyl/N-ethyl adjacent to an activating group) is 1. The number of carbonyl (C=O) groups is 2. The molecule has 116 valence electrons. The van der Waals surface area contributed by atoms with Gasteiger partial charge in [-0.1, -0.05) is 17.7 Å². The van der Waals surface area contributed by atoms with Gasteiger partial charge in [-0.05, 0) is 38.8 Å². The Balaban J connectivity index is 3.47. The first kappa shape index (κ1) is 17.7. The Bertz CT molecular complexity index is 678. The van der Waals surface area contributed by atoms with Crippen molar-refractivity contribution in [2.75, 3.05) is 12.8 Å². The number of amides is 1. The first-order chi connectivity index (χ1) is 10.4. The predicted molar refractivity (Wildman–Crippen MR) is 90.4 cm³/mol. The number of nitrogens with two attached hydrogens (primary N) is 1. The number of carbonyl (C=O) groups excluding carboxylic acids is 2. The molecule has 0 aliphatic carbocycles. The van der Waals surface area contributed by atoms with Crippen molar-refractivity contribution < 1.29 is 9.59 Å². The summed E-state index contributed by atoms with van der Waals surface area (Å²) in [5.41, 5.74) is 7.31. The van der Waals surface area contributed by atoms with Crippen LogP contribution in [0.4, 0.5) is 5.69 Å². The maximum absolute atomic E-state index is 12.7. The molecule has 0 unspecified atom stereocenters. The summed E-state index contributed by atoms with van der Waals surface area (Å²) in [4.78, 5) is 29.2. The number of aldehydes is 1. The molecule has 0 radical (unpaired) electrons. The van der Waals surface area contributed by atoms with Crippen LogP contribution in [0.5, 0.6) is 0 Å². The van der Waals surface area contributed by atoms with E-state index in [1.165, 1.54) is 17.0 Å². The summed E-state index contributed by atoms with van der Waals surface area (Å²) in [5, 5.41) is 0.177. The summed E-state index contributed by atoms with van der Waals surface area (Å²) in [6, 6.07) is 2.98. The lowest BCUT2D eigenvalue weighted by molar-refractivity contribution is 0.0836. The zero-order valence-corrected chi connectivity index (χ0v) is 13.5. The molecular weight excluding hydrogens is 302 g/mol. The fourth-order valence-corrected chi connectivity index (χ4v) is 2.16. The van der Waals surface area contributed by atoms with Crippen molar-refractivity contribution in [1.29, 1.82) is 0 Å². The molecule has 1 amide bonds. The quantitative estimate of drug-likeness (QED) is 0.391. The summed E-state index contributed by atoms with van der Waals surface area (Å²) < 4.78 is 0. The van der Waals surface area contributed by atoms with Gasteiger partial charge >= 0.3 is 0 Å². The third-order valence-electron chi connectivity index (χ3n) is 3.15. The van der Waals surface area contributed by atoms with E-state index in [2.05, 4.69) is 11.7 Å². The highest BCUT2D eigenvalue weighted by atomic mass is 35.5. The smallest absolute Gasteiger partial charge is 0.260 e. The highest BCUT2D eigenvalue weighted by Crippen LogP contribution is 2.26. The van der Waals surface area contributed by atoms with Gasteiger partial charge in [-0.15, -0.1) is 0 Å². The van der Waals surface area contributed by atoms with Crippen molar-refractivity contribution in [2.45, 2.75) is 13.8 Å². The Kier molecular flexibility index (Phi) is 6.07. The van der Waals surface area contributed by atoms with Crippen LogP contribution in [0, 0.1) is 0 Å². The molecule has 0 heterocycles. The summed E-state index contributed by atoms with van der Waals surface area (Å²) in [6.07, 6.45) is 4.02. The number of anilines is 1. The first-order valence-electron chi connectivity index (χ1n) is 6.50. The van der Waals surface area contributed by atoms with Crippen LogP contribution in [0.25, 0.3) is 0 Å². The molecule has 0 aromatic heterocycles. The number of nitrogens with zero attached hydrogens (tertiary/aromatic N) is 2. The Hall–Kier alpha value is -2.40. The van der Waals surface area contributed by atoms with E-state index in [1.807, 2.05) is 6.92 Å². The monoisotopic (exact) mass is 319 g/mol. The number of aliphatic imine (C=N–C) groups is 1. The molecule has 0 saturated heterocycles. The second-order valence-corrected chi connectivity index (χ2v) is 4.94. The maximum Gasteiger partial charge on any atom is 0.260 e. The van der Waals surface area contributed by atoms with Gasteiger partial charge < -0.3 is 10.6 Å². The van der Waals surface area contributed by atoms with Crippen LogP contribution in [-0.2, 0) is 0 Å². The SMILES string of the molecule is C=N/C(C)=C(\C=C/C)N(C)C(=O)c1c(N)ccc(Cl)c1C=O. The van der Waals surface area contributed by atoms with Gasteiger partial charge in [0.15, 0.2) is 6.29 Å². The molecule has 0 aliphatic rings. The Morgan fingerprint density at radius 2 is 2.09 bits per heavy atom. The second-order valence-electron chi connectivity index (χ2n) is 4.54. The first-order valence-corrected chi connectivity index (χ1v) is 6.88. The van der Waals surface area contributed by atoms with Crippen molar-refractivity contribution in [3.63, 3.8) is 0 Å². The van der Waals surface area contributed by atoms with Crippen molar-refractivity contribution in [1.82, 2.24) is 4.90 Å². The Labute approximate surface area is 134 Å². The molecule has 0 fully saturated rings. The highest BCUT2D eigenvalue weighted by molar-refractivity contribution is 6.34. The molecule has 1 aromatic rings. The minimum Gasteiger partial charge on any atom is -0.398 e. The van der Waals surface area contributed by atoms with Crippen LogP contribution >= 0.6 is 11.6 Å². The number of hydrogen-bond acceptors (Lipinski definition) is 4. The van der Waals surface area contributed by atoms with Gasteiger partial charge in [0.05, 0.1) is 22.0 Å². The highest BCUT2D eigenvalue weighted by Gasteiger charge is 2.23. The standard InChI is InChI=1S/C16H18ClN3O2/c1-5-6-14(10(2)19-3)20(4)16(22)15-11(9-21)12(17)7-8-13(15)18/h5-9H,3,18H2,1-2,4H3/b6-5-,14-10+. The molecule has 0 bridgehead atoms. The minimum absolute atomic E-state index is 0.0718. The van der Waals surface area contributed by atoms with Gasteiger partial charge in [0.25, 0.3) is 5.91 Å². The van der Waals surface area contributed by atoms with Crippen molar-refractivity contribution in [3.05, 3.63) is 51.8 Å².